The zero-order chi connectivity index (χ0) is 32.3. The average Bonchev–Trinajstić information content (AvgIpc) is 3.33. The summed E-state index contributed by atoms with van der Waals surface area (Å²) in [5.74, 6) is 5.01. The maximum Gasteiger partial charge on any atom is 0.416 e. The Morgan fingerprint density at radius 2 is 1.96 bits per heavy atom. The number of rotatable bonds is 6. The summed E-state index contributed by atoms with van der Waals surface area (Å²) in [5, 5.41) is 11.0. The molecule has 2 aromatic rings. The molecule has 10 heteroatoms. The fourth-order valence-corrected chi connectivity index (χ4v) is 8.45. The second-order valence-corrected chi connectivity index (χ2v) is 13.0. The first-order chi connectivity index (χ1) is 21.3. The summed E-state index contributed by atoms with van der Waals surface area (Å²) in [6.45, 7) is 11.0. The van der Waals surface area contributed by atoms with Gasteiger partial charge >= 0.3 is 12.1 Å². The van der Waals surface area contributed by atoms with Gasteiger partial charge in [-0.2, -0.15) is 13.2 Å². The Morgan fingerprint density at radius 1 is 1.22 bits per heavy atom. The first-order valence-electron chi connectivity index (χ1n) is 15.4. The number of carbonyl (C=O) groups is 2. The van der Waals surface area contributed by atoms with Crippen molar-refractivity contribution in [1.29, 1.82) is 0 Å². The molecule has 0 aromatic heterocycles. The molecule has 2 heterocycles. The molecule has 1 N–H and O–H groups in total. The third kappa shape index (κ3) is 4.87. The third-order valence-electron chi connectivity index (χ3n) is 9.94. The number of aromatic hydroxyl groups is 1. The van der Waals surface area contributed by atoms with Crippen LogP contribution < -0.4 is 4.74 Å². The van der Waals surface area contributed by atoms with Crippen LogP contribution in [0.4, 0.5) is 13.2 Å². The van der Waals surface area contributed by atoms with Gasteiger partial charge in [0.25, 0.3) is 5.91 Å². The fourth-order valence-electron chi connectivity index (χ4n) is 8.45. The molecule has 2 aliphatic carbocycles. The van der Waals surface area contributed by atoms with Crippen molar-refractivity contribution in [2.24, 2.45) is 5.92 Å². The molecule has 238 valence electrons. The summed E-state index contributed by atoms with van der Waals surface area (Å²) < 4.78 is 52.3. The lowest BCUT2D eigenvalue weighted by Gasteiger charge is -2.65. The van der Waals surface area contributed by atoms with Crippen LogP contribution in [-0.4, -0.2) is 70.2 Å². The van der Waals surface area contributed by atoms with Gasteiger partial charge in [-0.05, 0) is 67.5 Å². The van der Waals surface area contributed by atoms with E-state index in [0.717, 1.165) is 23.3 Å². The standard InChI is InChI=1S/C35H37F3N2O5/c1-5-17-39-18-16-33-30-24-9-12-27(42)31(30)44-32(33)26(14-15-34(33,28(39)19-24)45-22(4)41)40(20-21(2)3)29(43)13-8-23-6-10-25(11-7-23)35(36,37)38/h5-7,9-12,21,26,28,32,42H,1,14-20H2,2-4H3/t26-,28-,32+,33+,34-/m1/s1. The lowest BCUT2D eigenvalue weighted by Crippen LogP contribution is -2.79. The highest BCUT2D eigenvalue weighted by Crippen LogP contribution is 2.67. The van der Waals surface area contributed by atoms with Crippen molar-refractivity contribution in [1.82, 2.24) is 9.80 Å². The summed E-state index contributed by atoms with van der Waals surface area (Å²) in [6.07, 6.45) is -1.12. The smallest absolute Gasteiger partial charge is 0.416 e. The predicted molar refractivity (Wildman–Crippen MR) is 160 cm³/mol. The highest BCUT2D eigenvalue weighted by molar-refractivity contribution is 5.94. The first-order valence-corrected chi connectivity index (χ1v) is 15.4. The fraction of sp³-hybridized carbons (Fsp3) is 0.486. The normalized spacial score (nSPS) is 27.9. The Morgan fingerprint density at radius 3 is 2.60 bits per heavy atom. The molecule has 2 fully saturated rings. The van der Waals surface area contributed by atoms with E-state index in [4.69, 9.17) is 9.47 Å². The van der Waals surface area contributed by atoms with E-state index in [1.807, 2.05) is 26.0 Å². The molecule has 1 spiro atoms. The molecular weight excluding hydrogens is 585 g/mol. The number of likely N-dealkylation sites (tertiary alicyclic amines) is 1. The van der Waals surface area contributed by atoms with E-state index in [9.17, 15) is 27.9 Å². The molecule has 45 heavy (non-hydrogen) atoms. The monoisotopic (exact) mass is 622 g/mol. The van der Waals surface area contributed by atoms with Crippen LogP contribution >= 0.6 is 0 Å². The summed E-state index contributed by atoms with van der Waals surface area (Å²) in [5.41, 5.74) is -0.380. The van der Waals surface area contributed by atoms with Crippen LogP contribution in [0.3, 0.4) is 0 Å². The zero-order valence-electron chi connectivity index (χ0n) is 25.6. The topological polar surface area (TPSA) is 79.3 Å². The molecule has 1 saturated carbocycles. The second kappa shape index (κ2) is 11.1. The van der Waals surface area contributed by atoms with E-state index >= 15 is 0 Å². The molecule has 2 bridgehead atoms. The number of hydrogen-bond acceptors (Lipinski definition) is 6. The summed E-state index contributed by atoms with van der Waals surface area (Å²) in [7, 11) is 0. The van der Waals surface area contributed by atoms with E-state index in [2.05, 4.69) is 23.3 Å². The number of ether oxygens (including phenoxy) is 2. The molecule has 6 rings (SSSR count). The number of phenolic OH excluding ortho intramolecular Hbond substituents is 1. The third-order valence-corrected chi connectivity index (χ3v) is 9.94. The molecule has 1 saturated heterocycles. The van der Waals surface area contributed by atoms with Crippen molar-refractivity contribution in [2.45, 2.75) is 81.8 Å². The maximum absolute atomic E-state index is 13.9. The minimum absolute atomic E-state index is 0.00352. The van der Waals surface area contributed by atoms with Crippen LogP contribution in [0, 0.1) is 17.8 Å². The van der Waals surface area contributed by atoms with E-state index in [1.165, 1.54) is 19.1 Å². The van der Waals surface area contributed by atoms with Gasteiger partial charge in [0.15, 0.2) is 11.5 Å². The molecule has 0 unspecified atom stereocenters. The average molecular weight is 623 g/mol. The molecule has 2 aliphatic heterocycles. The predicted octanol–water partition coefficient (Wildman–Crippen LogP) is 5.23. The largest absolute Gasteiger partial charge is 0.504 e. The van der Waals surface area contributed by atoms with Gasteiger partial charge in [0.2, 0.25) is 0 Å². The summed E-state index contributed by atoms with van der Waals surface area (Å²) >= 11 is 0. The van der Waals surface area contributed by atoms with E-state index in [-0.39, 0.29) is 17.7 Å². The van der Waals surface area contributed by atoms with Gasteiger partial charge in [0, 0.05) is 43.6 Å². The van der Waals surface area contributed by atoms with E-state index in [1.54, 1.807) is 11.0 Å². The Balaban J connectivity index is 1.43. The second-order valence-electron chi connectivity index (χ2n) is 13.0. The molecule has 2 aromatic carbocycles. The van der Waals surface area contributed by atoms with Gasteiger partial charge in [0.05, 0.1) is 23.1 Å². The van der Waals surface area contributed by atoms with Crippen LogP contribution in [0.5, 0.6) is 11.5 Å². The highest BCUT2D eigenvalue weighted by Gasteiger charge is 2.75. The molecular formula is C35H37F3N2O5. The van der Waals surface area contributed by atoms with Gasteiger partial charge in [-0.25, -0.2) is 0 Å². The van der Waals surface area contributed by atoms with Crippen LogP contribution in [0.1, 0.15) is 62.3 Å². The van der Waals surface area contributed by atoms with Gasteiger partial charge in [-0.1, -0.05) is 31.9 Å². The lowest BCUT2D eigenvalue weighted by molar-refractivity contribution is -0.223. The van der Waals surface area contributed by atoms with Crippen molar-refractivity contribution >= 4 is 11.9 Å². The summed E-state index contributed by atoms with van der Waals surface area (Å²) in [4.78, 5) is 30.7. The number of piperidine rings is 1. The Bertz CT molecular complexity index is 1590. The number of carbonyl (C=O) groups excluding carboxylic acids is 2. The van der Waals surface area contributed by atoms with Crippen LogP contribution in [-0.2, 0) is 32.3 Å². The van der Waals surface area contributed by atoms with Crippen LogP contribution in [0.15, 0.2) is 49.1 Å². The van der Waals surface area contributed by atoms with Gasteiger partial charge in [-0.15, -0.1) is 6.58 Å². The van der Waals surface area contributed by atoms with Crippen molar-refractivity contribution in [3.63, 3.8) is 0 Å². The lowest BCUT2D eigenvalue weighted by atomic mass is 9.48. The Hall–Kier alpha value is -3.97. The molecule has 1 amide bonds. The van der Waals surface area contributed by atoms with Crippen molar-refractivity contribution < 1.29 is 37.3 Å². The van der Waals surface area contributed by atoms with Crippen molar-refractivity contribution in [3.05, 3.63) is 71.3 Å². The minimum Gasteiger partial charge on any atom is -0.504 e. The maximum atomic E-state index is 13.9. The SMILES string of the molecule is C=CCN1CC[C@]23c4c5ccc(O)c4O[C@H]2[C@H](N(CC(C)C)C(=O)C#Cc2ccc(C(F)(F)F)cc2)CC[C@@]3(OC(C)=O)[C@H]1C5. The number of benzene rings is 2. The van der Waals surface area contributed by atoms with E-state index < -0.39 is 46.8 Å². The number of nitrogens with zero attached hydrogens (tertiary/aromatic N) is 2. The number of phenols is 1. The highest BCUT2D eigenvalue weighted by atomic mass is 19.4. The Kier molecular flexibility index (Phi) is 7.67. The van der Waals surface area contributed by atoms with Crippen LogP contribution in [0.25, 0.3) is 0 Å². The number of halogens is 3. The number of hydrogen-bond donors (Lipinski definition) is 1. The molecule has 7 nitrogen and oxygen atoms in total. The Labute approximate surface area is 261 Å². The summed E-state index contributed by atoms with van der Waals surface area (Å²) in [6, 6.07) is 7.33. The molecule has 5 atom stereocenters. The van der Waals surface area contributed by atoms with Crippen molar-refractivity contribution in [3.8, 4) is 23.3 Å². The van der Waals surface area contributed by atoms with Gasteiger partial charge in [-0.3, -0.25) is 14.5 Å². The number of amides is 1. The minimum atomic E-state index is -4.47. The van der Waals surface area contributed by atoms with Gasteiger partial charge < -0.3 is 19.5 Å². The molecule has 4 aliphatic rings. The quantitative estimate of drug-likeness (QED) is 0.270. The zero-order valence-corrected chi connectivity index (χ0v) is 25.6. The number of esters is 1. The van der Waals surface area contributed by atoms with Gasteiger partial charge in [0.1, 0.15) is 11.7 Å². The van der Waals surface area contributed by atoms with Crippen molar-refractivity contribution in [2.75, 3.05) is 19.6 Å². The number of alkyl halides is 3. The first kappa shape index (κ1) is 31.0. The van der Waals surface area contributed by atoms with Crippen LogP contribution in [0.2, 0.25) is 0 Å². The molecule has 0 radical (unpaired) electrons. The van der Waals surface area contributed by atoms with E-state index in [0.29, 0.717) is 56.6 Å².